The van der Waals surface area contributed by atoms with Gasteiger partial charge in [-0.1, -0.05) is 0 Å². The third kappa shape index (κ3) is 5.26. The topological polar surface area (TPSA) is 143 Å². The minimum Gasteiger partial charge on any atom is -0.446 e. The molecule has 2 unspecified atom stereocenters. The first kappa shape index (κ1) is 23.6. The summed E-state index contributed by atoms with van der Waals surface area (Å²) in [6.07, 6.45) is 7.31. The van der Waals surface area contributed by atoms with Crippen LogP contribution in [0.15, 0.2) is 24.5 Å². The second-order valence-corrected chi connectivity index (χ2v) is 12.7. The molecule has 2 saturated carbocycles. The predicted molar refractivity (Wildman–Crippen MR) is 130 cm³/mol. The van der Waals surface area contributed by atoms with Gasteiger partial charge in [-0.3, -0.25) is 5.10 Å². The van der Waals surface area contributed by atoms with Gasteiger partial charge in [-0.05, 0) is 58.9 Å². The van der Waals surface area contributed by atoms with Crippen molar-refractivity contribution in [1.82, 2.24) is 30.1 Å². The molecule has 3 N–H and O–H groups in total. The highest BCUT2D eigenvalue weighted by molar-refractivity contribution is 7.91. The lowest BCUT2D eigenvalue weighted by Gasteiger charge is -2.16. The largest absolute Gasteiger partial charge is 0.446 e. The van der Waals surface area contributed by atoms with E-state index in [9.17, 15) is 13.2 Å². The van der Waals surface area contributed by atoms with Crippen molar-refractivity contribution >= 4 is 33.1 Å². The zero-order chi connectivity index (χ0) is 24.8. The smallest absolute Gasteiger partial charge is 0.407 e. The van der Waals surface area contributed by atoms with Crippen molar-refractivity contribution in [2.45, 2.75) is 81.4 Å². The monoisotopic (exact) mass is 501 g/mol. The molecule has 0 aliphatic heterocycles. The molecule has 5 rings (SSSR count). The molecule has 35 heavy (non-hydrogen) atoms. The van der Waals surface area contributed by atoms with Crippen LogP contribution >= 0.6 is 0 Å². The first-order valence-corrected chi connectivity index (χ1v) is 13.7. The van der Waals surface area contributed by atoms with Crippen LogP contribution in [0.25, 0.3) is 5.52 Å². The minimum atomic E-state index is -3.26. The van der Waals surface area contributed by atoms with Gasteiger partial charge in [0.05, 0.1) is 16.7 Å². The molecule has 3 aromatic rings. The fraction of sp³-hybridized carbons (Fsp3) is 0.565. The number of hydrogen-bond donors (Lipinski definition) is 3. The Labute approximate surface area is 204 Å². The zero-order valence-corrected chi connectivity index (χ0v) is 20.9. The molecule has 12 heteroatoms. The average Bonchev–Trinajstić information content (AvgIpc) is 3.20. The van der Waals surface area contributed by atoms with Crippen LogP contribution in [0.3, 0.4) is 0 Å². The van der Waals surface area contributed by atoms with E-state index in [0.717, 1.165) is 37.8 Å². The van der Waals surface area contributed by atoms with Crippen molar-refractivity contribution in [3.8, 4) is 0 Å². The number of H-pyrrole nitrogens is 1. The van der Waals surface area contributed by atoms with Crippen LogP contribution in [-0.4, -0.2) is 56.2 Å². The Balaban J connectivity index is 1.23. The Bertz CT molecular complexity index is 1340. The van der Waals surface area contributed by atoms with E-state index in [1.165, 1.54) is 0 Å². The molecule has 0 radical (unpaired) electrons. The molecule has 0 bridgehead atoms. The maximum absolute atomic E-state index is 12.3. The molecular formula is C23H31N7O4S. The number of aromatic nitrogens is 5. The van der Waals surface area contributed by atoms with E-state index < -0.39 is 15.1 Å². The predicted octanol–water partition coefficient (Wildman–Crippen LogP) is 3.43. The summed E-state index contributed by atoms with van der Waals surface area (Å²) in [5.74, 6) is 1.23. The summed E-state index contributed by atoms with van der Waals surface area (Å²) >= 11 is 0. The molecule has 11 nitrogen and oxygen atoms in total. The highest BCUT2D eigenvalue weighted by Crippen LogP contribution is 2.37. The van der Waals surface area contributed by atoms with Crippen LogP contribution in [0.1, 0.15) is 70.2 Å². The minimum absolute atomic E-state index is 0.0884. The number of ether oxygens (including phenoxy) is 1. The number of rotatable bonds is 8. The maximum Gasteiger partial charge on any atom is 0.407 e. The lowest BCUT2D eigenvalue weighted by molar-refractivity contribution is 0.0967. The Morgan fingerprint density at radius 3 is 2.86 bits per heavy atom. The number of hydrogen-bond acceptors (Lipinski definition) is 8. The average molecular weight is 502 g/mol. The van der Waals surface area contributed by atoms with Gasteiger partial charge in [0.15, 0.2) is 21.5 Å². The summed E-state index contributed by atoms with van der Waals surface area (Å²) in [5, 5.41) is 17.5. The fourth-order valence-electron chi connectivity index (χ4n) is 4.31. The molecule has 3 aromatic heterocycles. The third-order valence-electron chi connectivity index (χ3n) is 6.85. The van der Waals surface area contributed by atoms with Crippen LogP contribution < -0.4 is 10.6 Å². The maximum atomic E-state index is 12.3. The Hall–Kier alpha value is -3.15. The number of nitrogens with zero attached hydrogens (tertiary/aromatic N) is 4. The summed E-state index contributed by atoms with van der Waals surface area (Å²) < 4.78 is 31.8. The van der Waals surface area contributed by atoms with Gasteiger partial charge in [0, 0.05) is 35.6 Å². The lowest BCUT2D eigenvalue weighted by atomic mass is 10.0. The van der Waals surface area contributed by atoms with Crippen LogP contribution in [0.4, 0.5) is 16.4 Å². The van der Waals surface area contributed by atoms with E-state index in [0.29, 0.717) is 22.8 Å². The number of carbonyl (C=O) groups is 1. The number of aromatic amines is 1. The molecule has 0 spiro atoms. The van der Waals surface area contributed by atoms with Crippen molar-refractivity contribution in [3.63, 3.8) is 0 Å². The first-order valence-electron chi connectivity index (χ1n) is 12.0. The first-order chi connectivity index (χ1) is 16.6. The second-order valence-electron chi connectivity index (χ2n) is 10.2. The standard InChI is InChI=1S/C23H31N7O4S/c1-14(2)35(32,33)13-16-11-19-21(24-8-9-30(19)29-16)25-20-12-18(27-28-20)15-4-5-17(10-15)34-22(31)26-23(3)6-7-23/h8-9,11-12,14-15,17H,4-7,10,13H2,1-3H3,(H,26,31)(H2,24,25,27,28). The Morgan fingerprint density at radius 2 is 2.11 bits per heavy atom. The van der Waals surface area contributed by atoms with Crippen LogP contribution in [-0.2, 0) is 20.3 Å². The van der Waals surface area contributed by atoms with Crippen molar-refractivity contribution in [2.24, 2.45) is 0 Å². The molecule has 2 atom stereocenters. The molecule has 1 amide bonds. The molecule has 3 heterocycles. The summed E-state index contributed by atoms with van der Waals surface area (Å²) in [6.45, 7) is 5.35. The van der Waals surface area contributed by atoms with E-state index in [2.05, 4.69) is 30.9 Å². The number of amides is 1. The van der Waals surface area contributed by atoms with E-state index in [4.69, 9.17) is 4.74 Å². The molecule has 2 fully saturated rings. The highest BCUT2D eigenvalue weighted by Gasteiger charge is 2.40. The van der Waals surface area contributed by atoms with Gasteiger partial charge in [0.2, 0.25) is 0 Å². The summed E-state index contributed by atoms with van der Waals surface area (Å²) in [4.78, 5) is 16.5. The quantitative estimate of drug-likeness (QED) is 0.426. The fourth-order valence-corrected chi connectivity index (χ4v) is 5.20. The molecule has 0 aromatic carbocycles. The Kier molecular flexibility index (Phi) is 5.94. The van der Waals surface area contributed by atoms with Gasteiger partial charge in [-0.25, -0.2) is 22.7 Å². The summed E-state index contributed by atoms with van der Waals surface area (Å²) in [6, 6.07) is 3.67. The zero-order valence-electron chi connectivity index (χ0n) is 20.1. The van der Waals surface area contributed by atoms with Crippen molar-refractivity contribution in [2.75, 3.05) is 5.32 Å². The number of fused-ring (bicyclic) bond motifs is 1. The van der Waals surface area contributed by atoms with E-state index >= 15 is 0 Å². The van der Waals surface area contributed by atoms with E-state index in [1.807, 2.05) is 13.0 Å². The number of anilines is 2. The highest BCUT2D eigenvalue weighted by atomic mass is 32.2. The van der Waals surface area contributed by atoms with Gasteiger partial charge >= 0.3 is 6.09 Å². The van der Waals surface area contributed by atoms with E-state index in [-0.39, 0.29) is 29.4 Å². The molecule has 2 aliphatic carbocycles. The molecule has 2 aliphatic rings. The van der Waals surface area contributed by atoms with Crippen molar-refractivity contribution in [1.29, 1.82) is 0 Å². The number of nitrogens with one attached hydrogen (secondary N) is 3. The normalized spacial score (nSPS) is 21.4. The van der Waals surface area contributed by atoms with Gasteiger partial charge < -0.3 is 15.4 Å². The molecule has 188 valence electrons. The lowest BCUT2D eigenvalue weighted by Crippen LogP contribution is -2.36. The Morgan fingerprint density at radius 1 is 1.31 bits per heavy atom. The number of alkyl carbamates (subject to hydrolysis) is 1. The van der Waals surface area contributed by atoms with Gasteiger partial charge in [0.25, 0.3) is 0 Å². The van der Waals surface area contributed by atoms with Gasteiger partial charge in [-0.2, -0.15) is 10.2 Å². The SMILES string of the molecule is CC(C)S(=O)(=O)Cc1cc2c(Nc3cc(C4CCC(OC(=O)NC5(C)CC5)C4)[nH]n3)nccn2n1. The molecule has 0 saturated heterocycles. The van der Waals surface area contributed by atoms with Gasteiger partial charge in [-0.15, -0.1) is 0 Å². The van der Waals surface area contributed by atoms with E-state index in [1.54, 1.807) is 36.8 Å². The van der Waals surface area contributed by atoms with Crippen LogP contribution in [0, 0.1) is 0 Å². The summed E-state index contributed by atoms with van der Waals surface area (Å²) in [7, 11) is -3.26. The second kappa shape index (κ2) is 8.81. The van der Waals surface area contributed by atoms with Crippen molar-refractivity contribution in [3.05, 3.63) is 35.9 Å². The number of sulfone groups is 1. The van der Waals surface area contributed by atoms with Crippen LogP contribution in [0.2, 0.25) is 0 Å². The third-order valence-corrected chi connectivity index (χ3v) is 8.99. The van der Waals surface area contributed by atoms with Crippen LogP contribution in [0.5, 0.6) is 0 Å². The number of carbonyl (C=O) groups excluding carboxylic acids is 1. The van der Waals surface area contributed by atoms with Gasteiger partial charge in [0.1, 0.15) is 11.6 Å². The molecular weight excluding hydrogens is 470 g/mol. The van der Waals surface area contributed by atoms with Crippen molar-refractivity contribution < 1.29 is 17.9 Å². The summed E-state index contributed by atoms with van der Waals surface area (Å²) in [5.41, 5.74) is 2.01.